The number of ether oxygens (including phenoxy) is 3. The molecular formula is C22H26N2O4S. The van der Waals surface area contributed by atoms with E-state index in [1.165, 1.54) is 0 Å². The van der Waals surface area contributed by atoms with Gasteiger partial charge in [-0.05, 0) is 30.7 Å². The van der Waals surface area contributed by atoms with Crippen LogP contribution in [0.3, 0.4) is 0 Å². The zero-order valence-electron chi connectivity index (χ0n) is 16.6. The van der Waals surface area contributed by atoms with Gasteiger partial charge in [0, 0.05) is 25.2 Å². The fraction of sp³-hybridized carbons (Fsp3) is 0.364. The van der Waals surface area contributed by atoms with Gasteiger partial charge in [-0.3, -0.25) is 4.79 Å². The number of hydrogen-bond donors (Lipinski definition) is 1. The Hall–Kier alpha value is -2.64. The van der Waals surface area contributed by atoms with Crippen molar-refractivity contribution >= 4 is 23.1 Å². The van der Waals surface area contributed by atoms with Gasteiger partial charge < -0.3 is 24.4 Å². The highest BCUT2D eigenvalue weighted by molar-refractivity contribution is 7.80. The molecule has 0 atom stereocenters. The third-order valence-corrected chi connectivity index (χ3v) is 4.97. The largest absolute Gasteiger partial charge is 0.490 e. The Morgan fingerprint density at radius 2 is 1.86 bits per heavy atom. The third-order valence-electron chi connectivity index (χ3n) is 4.48. The van der Waals surface area contributed by atoms with Gasteiger partial charge in [-0.2, -0.15) is 0 Å². The first-order valence-corrected chi connectivity index (χ1v) is 10.2. The molecule has 29 heavy (non-hydrogen) atoms. The van der Waals surface area contributed by atoms with E-state index in [0.717, 1.165) is 29.2 Å². The van der Waals surface area contributed by atoms with Gasteiger partial charge in [0.05, 0.1) is 19.8 Å². The molecular weight excluding hydrogens is 388 g/mol. The van der Waals surface area contributed by atoms with Crippen molar-refractivity contribution < 1.29 is 19.0 Å². The van der Waals surface area contributed by atoms with Crippen molar-refractivity contribution in [1.29, 1.82) is 0 Å². The Morgan fingerprint density at radius 3 is 2.59 bits per heavy atom. The molecule has 2 aromatic rings. The van der Waals surface area contributed by atoms with Crippen molar-refractivity contribution in [3.05, 3.63) is 59.7 Å². The average molecular weight is 415 g/mol. The molecule has 0 spiro atoms. The predicted molar refractivity (Wildman–Crippen MR) is 115 cm³/mol. The lowest BCUT2D eigenvalue weighted by Gasteiger charge is -2.29. The van der Waals surface area contributed by atoms with Gasteiger partial charge in [0.15, 0.2) is 18.1 Å². The monoisotopic (exact) mass is 414 g/mol. The quantitative estimate of drug-likeness (QED) is 0.671. The van der Waals surface area contributed by atoms with Gasteiger partial charge in [-0.25, -0.2) is 0 Å². The molecule has 1 amide bonds. The highest BCUT2D eigenvalue weighted by Crippen LogP contribution is 2.29. The Bertz CT molecular complexity index is 823. The molecule has 6 nitrogen and oxygen atoms in total. The molecule has 3 rings (SSSR count). The number of thiocarbonyl (C=S) groups is 1. The molecule has 154 valence electrons. The summed E-state index contributed by atoms with van der Waals surface area (Å²) in [6.45, 7) is 5.70. The number of hydrogen-bond acceptors (Lipinski definition) is 5. The number of nitrogens with zero attached hydrogens (tertiary/aromatic N) is 1. The van der Waals surface area contributed by atoms with Crippen LogP contribution in [0.15, 0.2) is 48.5 Å². The van der Waals surface area contributed by atoms with E-state index in [1.807, 2.05) is 49.4 Å². The minimum absolute atomic E-state index is 0.0832. The molecule has 1 aliphatic rings. The summed E-state index contributed by atoms with van der Waals surface area (Å²) in [5.74, 6) is 0.913. The van der Waals surface area contributed by atoms with Crippen LogP contribution in [0.4, 0.5) is 0 Å². The minimum Gasteiger partial charge on any atom is -0.490 e. The van der Waals surface area contributed by atoms with Crippen molar-refractivity contribution in [2.75, 3.05) is 39.5 Å². The van der Waals surface area contributed by atoms with E-state index in [0.29, 0.717) is 37.9 Å². The lowest BCUT2D eigenvalue weighted by atomic mass is 10.1. The van der Waals surface area contributed by atoms with Gasteiger partial charge >= 0.3 is 0 Å². The smallest absolute Gasteiger partial charge is 0.258 e. The molecule has 2 aromatic carbocycles. The molecule has 0 saturated carbocycles. The first kappa shape index (κ1) is 21.1. The Balaban J connectivity index is 1.59. The maximum atomic E-state index is 12.1. The van der Waals surface area contributed by atoms with Crippen molar-refractivity contribution in [3.8, 4) is 11.5 Å². The first-order valence-electron chi connectivity index (χ1n) is 9.74. The van der Waals surface area contributed by atoms with Crippen LogP contribution in [0, 0.1) is 0 Å². The summed E-state index contributed by atoms with van der Waals surface area (Å²) in [7, 11) is 0. The minimum atomic E-state index is -0.191. The predicted octanol–water partition coefficient (Wildman–Crippen LogP) is 2.79. The summed E-state index contributed by atoms with van der Waals surface area (Å²) in [5.41, 5.74) is 1.93. The van der Waals surface area contributed by atoms with E-state index >= 15 is 0 Å². The van der Waals surface area contributed by atoms with E-state index < -0.39 is 0 Å². The van der Waals surface area contributed by atoms with Crippen LogP contribution in [0.25, 0.3) is 0 Å². The summed E-state index contributed by atoms with van der Waals surface area (Å²) >= 11 is 5.62. The Labute approximate surface area is 176 Å². The summed E-state index contributed by atoms with van der Waals surface area (Å²) in [6.07, 6.45) is 0. The number of morpholine rings is 1. The van der Waals surface area contributed by atoms with Gasteiger partial charge in [-0.15, -0.1) is 0 Å². The molecule has 0 unspecified atom stereocenters. The van der Waals surface area contributed by atoms with Crippen molar-refractivity contribution in [2.24, 2.45) is 0 Å². The van der Waals surface area contributed by atoms with Crippen molar-refractivity contribution in [1.82, 2.24) is 10.2 Å². The zero-order valence-corrected chi connectivity index (χ0v) is 17.4. The number of nitrogens with one attached hydrogen (secondary N) is 1. The van der Waals surface area contributed by atoms with E-state index in [-0.39, 0.29) is 12.5 Å². The molecule has 7 heteroatoms. The fourth-order valence-electron chi connectivity index (χ4n) is 2.97. The standard InChI is InChI=1S/C22H26N2O4S/c1-2-27-20-14-18(22(29)24-10-12-26-13-11-24)8-9-19(20)28-16-21(25)23-15-17-6-4-3-5-7-17/h3-9,14H,2,10-13,15-16H2,1H3,(H,23,25). The fourth-order valence-corrected chi connectivity index (χ4v) is 3.28. The number of rotatable bonds is 8. The second-order valence-corrected chi connectivity index (χ2v) is 6.94. The summed E-state index contributed by atoms with van der Waals surface area (Å²) < 4.78 is 16.8. The first-order chi connectivity index (χ1) is 14.2. The highest BCUT2D eigenvalue weighted by Gasteiger charge is 2.17. The number of amides is 1. The number of carbonyl (C=O) groups excluding carboxylic acids is 1. The normalized spacial score (nSPS) is 13.6. The van der Waals surface area contributed by atoms with E-state index in [9.17, 15) is 4.79 Å². The van der Waals surface area contributed by atoms with E-state index in [4.69, 9.17) is 26.4 Å². The highest BCUT2D eigenvalue weighted by atomic mass is 32.1. The Morgan fingerprint density at radius 1 is 1.10 bits per heavy atom. The third kappa shape index (κ3) is 6.17. The lowest BCUT2D eigenvalue weighted by Crippen LogP contribution is -2.40. The van der Waals surface area contributed by atoms with Crippen LogP contribution in [0.1, 0.15) is 18.1 Å². The van der Waals surface area contributed by atoms with Crippen molar-refractivity contribution in [3.63, 3.8) is 0 Å². The second-order valence-electron chi connectivity index (χ2n) is 6.55. The molecule has 1 aliphatic heterocycles. The SMILES string of the molecule is CCOc1cc(C(=S)N2CCOCC2)ccc1OCC(=O)NCc1ccccc1. The van der Waals surface area contributed by atoms with Gasteiger partial charge in [-0.1, -0.05) is 42.5 Å². The molecule has 0 radical (unpaired) electrons. The number of benzene rings is 2. The van der Waals surface area contributed by atoms with E-state index in [2.05, 4.69) is 10.2 Å². The lowest BCUT2D eigenvalue weighted by molar-refractivity contribution is -0.123. The summed E-state index contributed by atoms with van der Waals surface area (Å²) in [4.78, 5) is 15.0. The molecule has 0 aliphatic carbocycles. The van der Waals surface area contributed by atoms with Crippen LogP contribution in [-0.2, 0) is 16.1 Å². The molecule has 0 aromatic heterocycles. The van der Waals surface area contributed by atoms with Crippen LogP contribution < -0.4 is 14.8 Å². The van der Waals surface area contributed by atoms with Crippen LogP contribution in [0.5, 0.6) is 11.5 Å². The molecule has 1 fully saturated rings. The molecule has 1 N–H and O–H groups in total. The van der Waals surface area contributed by atoms with Crippen molar-refractivity contribution in [2.45, 2.75) is 13.5 Å². The molecule has 0 bridgehead atoms. The average Bonchev–Trinajstić information content (AvgIpc) is 2.78. The molecule has 1 saturated heterocycles. The van der Waals surface area contributed by atoms with Gasteiger partial charge in [0.2, 0.25) is 0 Å². The Kier molecular flexibility index (Phi) is 7.84. The molecule has 1 heterocycles. The van der Waals surface area contributed by atoms with Crippen LogP contribution >= 0.6 is 12.2 Å². The topological polar surface area (TPSA) is 60.0 Å². The maximum Gasteiger partial charge on any atom is 0.258 e. The summed E-state index contributed by atoms with van der Waals surface area (Å²) in [6, 6.07) is 15.3. The second kappa shape index (κ2) is 10.8. The van der Waals surface area contributed by atoms with Crippen LogP contribution in [0.2, 0.25) is 0 Å². The van der Waals surface area contributed by atoms with Gasteiger partial charge in [0.25, 0.3) is 5.91 Å². The summed E-state index contributed by atoms with van der Waals surface area (Å²) in [5, 5.41) is 2.85. The maximum absolute atomic E-state index is 12.1. The van der Waals surface area contributed by atoms with E-state index in [1.54, 1.807) is 6.07 Å². The zero-order chi connectivity index (χ0) is 20.5. The van der Waals surface area contributed by atoms with Gasteiger partial charge in [0.1, 0.15) is 4.99 Å². The number of carbonyl (C=O) groups is 1. The van der Waals surface area contributed by atoms with Crippen LogP contribution in [-0.4, -0.2) is 55.3 Å².